The highest BCUT2D eigenvalue weighted by Gasteiger charge is 2.29. The van der Waals surface area contributed by atoms with E-state index in [2.05, 4.69) is 60.8 Å². The summed E-state index contributed by atoms with van der Waals surface area (Å²) in [5.41, 5.74) is 0. The van der Waals surface area contributed by atoms with Gasteiger partial charge in [-0.15, -0.1) is 0 Å². The van der Waals surface area contributed by atoms with Crippen LogP contribution in [0.1, 0.15) is 136 Å². The monoisotopic (exact) mass is 713 g/mol. The summed E-state index contributed by atoms with van der Waals surface area (Å²) in [6, 6.07) is -1.10. The summed E-state index contributed by atoms with van der Waals surface area (Å²) in [5.74, 6) is -0.309. The quantitative estimate of drug-likeness (QED) is 0.0272. The fourth-order valence-corrected chi connectivity index (χ4v) is 5.77. The fraction of sp³-hybridized carbons (Fsp3) is 0.769. The third kappa shape index (κ3) is 32.1. The first-order valence-corrected chi connectivity index (χ1v) is 20.5. The van der Waals surface area contributed by atoms with Crippen molar-refractivity contribution in [3.05, 3.63) is 48.6 Å². The lowest BCUT2D eigenvalue weighted by Gasteiger charge is -2.31. The first-order chi connectivity index (χ1) is 23.4. The maximum atomic E-state index is 12.8. The van der Waals surface area contributed by atoms with Crippen LogP contribution in [0, 0.1) is 0 Å². The number of likely N-dealkylation sites (N-methyl/N-ethyl adjacent to an activating group) is 1. The van der Waals surface area contributed by atoms with Gasteiger partial charge in [0.2, 0.25) is 5.91 Å². The lowest BCUT2D eigenvalue weighted by Crippen LogP contribution is -2.51. The number of aliphatic hydroxyl groups is 2. The number of nitrogens with one attached hydrogen (secondary N) is 1. The summed E-state index contributed by atoms with van der Waals surface area (Å²) >= 11 is 0. The molecule has 49 heavy (non-hydrogen) atoms. The molecule has 0 aromatic heterocycles. The van der Waals surface area contributed by atoms with Gasteiger partial charge in [-0.25, -0.2) is 0 Å². The Morgan fingerprint density at radius 3 is 1.84 bits per heavy atom. The highest BCUT2D eigenvalue weighted by molar-refractivity contribution is 7.45. The van der Waals surface area contributed by atoms with E-state index in [1.807, 2.05) is 28.1 Å². The number of hydrogen-bond donors (Lipinski definition) is 3. The van der Waals surface area contributed by atoms with Crippen molar-refractivity contribution in [2.45, 2.75) is 154 Å². The number of phosphoric ester groups is 1. The summed E-state index contributed by atoms with van der Waals surface area (Å²) in [4.78, 5) is 25.2. The van der Waals surface area contributed by atoms with E-state index in [1.54, 1.807) is 0 Å². The van der Waals surface area contributed by atoms with Gasteiger partial charge in [0.15, 0.2) is 0 Å². The molecule has 9 nitrogen and oxygen atoms in total. The first-order valence-electron chi connectivity index (χ1n) is 19.0. The number of allylic oxidation sites excluding steroid dienone is 8. The van der Waals surface area contributed by atoms with Crippen LogP contribution < -0.4 is 10.2 Å². The smallest absolute Gasteiger partial charge is 0.268 e. The molecule has 0 aliphatic heterocycles. The van der Waals surface area contributed by atoms with E-state index in [9.17, 15) is 24.5 Å². The fourth-order valence-electron chi connectivity index (χ4n) is 5.05. The van der Waals surface area contributed by atoms with E-state index in [0.717, 1.165) is 70.6 Å². The number of carbonyl (C=O) groups is 1. The molecule has 0 rings (SSSR count). The second kappa shape index (κ2) is 31.2. The number of hydrogen-bond acceptors (Lipinski definition) is 7. The van der Waals surface area contributed by atoms with Crippen molar-refractivity contribution < 1.29 is 38.0 Å². The maximum Gasteiger partial charge on any atom is 0.268 e. The van der Waals surface area contributed by atoms with Crippen molar-refractivity contribution in [1.29, 1.82) is 0 Å². The molecule has 0 spiro atoms. The molecule has 0 aromatic rings. The van der Waals surface area contributed by atoms with Crippen LogP contribution in [-0.2, 0) is 18.4 Å². The molecule has 286 valence electrons. The van der Waals surface area contributed by atoms with Crippen LogP contribution in [0.25, 0.3) is 0 Å². The predicted molar refractivity (Wildman–Crippen MR) is 202 cm³/mol. The Morgan fingerprint density at radius 1 is 0.755 bits per heavy atom. The number of rotatable bonds is 33. The minimum Gasteiger partial charge on any atom is -0.756 e. The molecule has 0 bridgehead atoms. The minimum atomic E-state index is -4.67. The van der Waals surface area contributed by atoms with Gasteiger partial charge in [0.1, 0.15) is 19.3 Å². The van der Waals surface area contributed by atoms with E-state index >= 15 is 0 Å². The SMILES string of the molecule is C/C=C/CC/C=C/CC/C=C/CCCC(O)C(O)C(COP(=O)([O-])OCC[N+](C)(C)C)NC(=O)CCCCCCC/C=C\CCCCCC. The highest BCUT2D eigenvalue weighted by Crippen LogP contribution is 2.38. The Labute approximate surface area is 300 Å². The number of amides is 1. The van der Waals surface area contributed by atoms with Crippen molar-refractivity contribution in [2.75, 3.05) is 40.9 Å². The number of nitrogens with zero attached hydrogens (tertiary/aromatic N) is 1. The Morgan fingerprint density at radius 2 is 1.27 bits per heavy atom. The molecule has 0 saturated carbocycles. The summed E-state index contributed by atoms with van der Waals surface area (Å²) < 4.78 is 23.0. The van der Waals surface area contributed by atoms with Gasteiger partial charge in [0, 0.05) is 6.42 Å². The summed E-state index contributed by atoms with van der Waals surface area (Å²) in [6.07, 6.45) is 33.1. The summed E-state index contributed by atoms with van der Waals surface area (Å²) in [5, 5.41) is 24.4. The second-order valence-corrected chi connectivity index (χ2v) is 15.5. The Bertz CT molecular complexity index is 962. The van der Waals surface area contributed by atoms with Crippen LogP contribution in [0.4, 0.5) is 0 Å². The van der Waals surface area contributed by atoms with Crippen LogP contribution in [-0.4, -0.2) is 79.8 Å². The molecule has 10 heteroatoms. The van der Waals surface area contributed by atoms with Crippen molar-refractivity contribution in [1.82, 2.24) is 5.32 Å². The topological polar surface area (TPSA) is 128 Å². The minimum absolute atomic E-state index is 0.0534. The van der Waals surface area contributed by atoms with E-state index in [0.29, 0.717) is 30.3 Å². The van der Waals surface area contributed by atoms with Gasteiger partial charge < -0.3 is 34.0 Å². The van der Waals surface area contributed by atoms with Crippen LogP contribution in [0.15, 0.2) is 48.6 Å². The normalized spacial score (nSPS) is 15.8. The highest BCUT2D eigenvalue weighted by atomic mass is 31.2. The van der Waals surface area contributed by atoms with Crippen molar-refractivity contribution >= 4 is 13.7 Å². The summed E-state index contributed by atoms with van der Waals surface area (Å²) in [7, 11) is 1.08. The number of aliphatic hydroxyl groups excluding tert-OH is 2. The van der Waals surface area contributed by atoms with Gasteiger partial charge in [-0.1, -0.05) is 94.1 Å². The molecule has 4 atom stereocenters. The molecule has 4 unspecified atom stereocenters. The zero-order valence-electron chi connectivity index (χ0n) is 31.7. The number of phosphoric acid groups is 1. The van der Waals surface area contributed by atoms with Gasteiger partial charge in [-0.05, 0) is 84.0 Å². The van der Waals surface area contributed by atoms with Gasteiger partial charge in [-0.2, -0.15) is 0 Å². The lowest BCUT2D eigenvalue weighted by molar-refractivity contribution is -0.870. The van der Waals surface area contributed by atoms with E-state index < -0.39 is 32.7 Å². The van der Waals surface area contributed by atoms with Gasteiger partial charge in [0.25, 0.3) is 7.82 Å². The van der Waals surface area contributed by atoms with Crippen molar-refractivity contribution in [3.8, 4) is 0 Å². The maximum absolute atomic E-state index is 12.8. The number of carbonyl (C=O) groups excluding carboxylic acids is 1. The first kappa shape index (κ1) is 47.4. The van der Waals surface area contributed by atoms with Crippen LogP contribution >= 0.6 is 7.82 Å². The molecule has 1 amide bonds. The van der Waals surface area contributed by atoms with Gasteiger partial charge >= 0.3 is 0 Å². The van der Waals surface area contributed by atoms with Gasteiger partial charge in [-0.3, -0.25) is 9.36 Å². The lowest BCUT2D eigenvalue weighted by atomic mass is 10.0. The molecule has 0 radical (unpaired) electrons. The van der Waals surface area contributed by atoms with Crippen LogP contribution in [0.3, 0.4) is 0 Å². The molecule has 0 fully saturated rings. The van der Waals surface area contributed by atoms with Gasteiger partial charge in [0.05, 0.1) is 39.9 Å². The van der Waals surface area contributed by atoms with Crippen molar-refractivity contribution in [3.63, 3.8) is 0 Å². The molecule has 0 aliphatic carbocycles. The molecule has 0 aromatic carbocycles. The second-order valence-electron chi connectivity index (χ2n) is 14.0. The average molecular weight is 713 g/mol. The zero-order valence-corrected chi connectivity index (χ0v) is 32.6. The van der Waals surface area contributed by atoms with Crippen LogP contribution in [0.2, 0.25) is 0 Å². The third-order valence-corrected chi connectivity index (χ3v) is 9.15. The Kier molecular flexibility index (Phi) is 30.2. The average Bonchev–Trinajstić information content (AvgIpc) is 3.04. The van der Waals surface area contributed by atoms with Crippen LogP contribution in [0.5, 0.6) is 0 Å². The predicted octanol–water partition coefficient (Wildman–Crippen LogP) is 8.08. The standard InChI is InChI=1S/C39H73N2O7P/c1-6-8-10-12-14-16-18-20-22-24-26-28-30-32-38(43)40-36(35-48-49(45,46)47-34-33-41(3,4)5)39(44)37(42)31-29-27-25-23-21-19-17-15-13-11-9-7-2/h7,9,15-18,23,25,36-37,39,42,44H,6,8,10-14,19-22,24,26-35H2,1-5H3,(H-,40,43,45,46)/b9-7+,17-15+,18-16-,25-23+. The third-order valence-electron chi connectivity index (χ3n) is 8.18. The number of unbranched alkanes of at least 4 members (excludes halogenated alkanes) is 12. The molecule has 0 saturated heterocycles. The van der Waals surface area contributed by atoms with E-state index in [-0.39, 0.29) is 18.9 Å². The van der Waals surface area contributed by atoms with E-state index in [4.69, 9.17) is 9.05 Å². The molecular formula is C39H73N2O7P. The Hall–Kier alpha value is -1.58. The zero-order chi connectivity index (χ0) is 36.6. The van der Waals surface area contributed by atoms with Crippen molar-refractivity contribution in [2.24, 2.45) is 0 Å². The Balaban J connectivity index is 4.72. The molecule has 0 aliphatic rings. The largest absolute Gasteiger partial charge is 0.756 e. The summed E-state index contributed by atoms with van der Waals surface area (Å²) in [6.45, 7) is 4.13. The molecular weight excluding hydrogens is 639 g/mol. The molecule has 3 N–H and O–H groups in total. The van der Waals surface area contributed by atoms with E-state index in [1.165, 1.54) is 25.7 Å². The molecule has 0 heterocycles. The number of quaternary nitrogens is 1.